The van der Waals surface area contributed by atoms with Crippen LogP contribution in [0.1, 0.15) is 57.3 Å². The van der Waals surface area contributed by atoms with Crippen molar-refractivity contribution in [2.75, 3.05) is 47.1 Å². The molecule has 1 aliphatic heterocycles. The molecule has 192 valence electrons. The minimum absolute atomic E-state index is 0.0294. The van der Waals surface area contributed by atoms with Gasteiger partial charge in [0.25, 0.3) is 5.91 Å². The molecule has 0 radical (unpaired) electrons. The van der Waals surface area contributed by atoms with Crippen LogP contribution < -0.4 is 20.1 Å². The van der Waals surface area contributed by atoms with Gasteiger partial charge < -0.3 is 29.7 Å². The Balaban J connectivity index is 2.10. The van der Waals surface area contributed by atoms with Gasteiger partial charge in [-0.1, -0.05) is 13.8 Å². The van der Waals surface area contributed by atoms with Gasteiger partial charge in [-0.15, -0.1) is 0 Å². The van der Waals surface area contributed by atoms with Crippen LogP contribution in [0.25, 0.3) is 0 Å². The smallest absolute Gasteiger partial charge is 0.254 e. The summed E-state index contributed by atoms with van der Waals surface area (Å²) in [5.41, 5.74) is 0.573. The molecule has 1 aromatic rings. The monoisotopic (exact) mass is 477 g/mol. The highest BCUT2D eigenvalue weighted by Gasteiger charge is 2.32. The predicted molar refractivity (Wildman–Crippen MR) is 134 cm³/mol. The van der Waals surface area contributed by atoms with Crippen molar-refractivity contribution in [3.8, 4) is 11.5 Å². The van der Waals surface area contributed by atoms with Crippen molar-refractivity contribution in [1.29, 1.82) is 0 Å². The van der Waals surface area contributed by atoms with E-state index in [2.05, 4.69) is 10.6 Å². The lowest BCUT2D eigenvalue weighted by Gasteiger charge is -2.40. The lowest BCUT2D eigenvalue weighted by Crippen LogP contribution is -2.55. The van der Waals surface area contributed by atoms with Crippen molar-refractivity contribution >= 4 is 11.8 Å². The van der Waals surface area contributed by atoms with Crippen LogP contribution in [-0.4, -0.2) is 75.9 Å². The van der Waals surface area contributed by atoms with Crippen molar-refractivity contribution in [3.05, 3.63) is 23.8 Å². The molecule has 0 bridgehead atoms. The van der Waals surface area contributed by atoms with E-state index in [0.717, 1.165) is 25.9 Å². The van der Waals surface area contributed by atoms with Crippen LogP contribution in [0.2, 0.25) is 0 Å². The number of nitrogens with zero attached hydrogens (tertiary/aromatic N) is 1. The van der Waals surface area contributed by atoms with Gasteiger partial charge in [-0.25, -0.2) is 0 Å². The maximum Gasteiger partial charge on any atom is 0.254 e. The van der Waals surface area contributed by atoms with Crippen LogP contribution in [0.4, 0.5) is 0 Å². The van der Waals surface area contributed by atoms with E-state index in [-0.39, 0.29) is 29.8 Å². The topological polar surface area (TPSA) is 89.1 Å². The van der Waals surface area contributed by atoms with E-state index in [1.807, 2.05) is 32.6 Å². The van der Waals surface area contributed by atoms with Gasteiger partial charge in [-0.05, 0) is 56.8 Å². The highest BCUT2D eigenvalue weighted by Crippen LogP contribution is 2.30. The highest BCUT2D eigenvalue weighted by atomic mass is 16.5. The lowest BCUT2D eigenvalue weighted by molar-refractivity contribution is -0.122. The minimum atomic E-state index is -0.0318. The molecule has 1 fully saturated rings. The zero-order chi connectivity index (χ0) is 25.1. The third kappa shape index (κ3) is 8.47. The van der Waals surface area contributed by atoms with E-state index in [0.29, 0.717) is 49.2 Å². The van der Waals surface area contributed by atoms with Crippen LogP contribution in [0.15, 0.2) is 18.2 Å². The van der Waals surface area contributed by atoms with Crippen molar-refractivity contribution in [3.63, 3.8) is 0 Å². The molecule has 34 heavy (non-hydrogen) atoms. The molecular formula is C26H43N3O5. The number of carbonyl (C=O) groups is 2. The number of methoxy groups -OCH3 is 2. The molecule has 1 aromatic carbocycles. The Labute approximate surface area is 204 Å². The fourth-order valence-corrected chi connectivity index (χ4v) is 4.35. The summed E-state index contributed by atoms with van der Waals surface area (Å²) >= 11 is 0. The van der Waals surface area contributed by atoms with E-state index >= 15 is 0 Å². The normalized spacial score (nSPS) is 18.1. The van der Waals surface area contributed by atoms with Crippen LogP contribution in [0, 0.1) is 11.8 Å². The van der Waals surface area contributed by atoms with Gasteiger partial charge in [0.15, 0.2) is 11.5 Å². The molecule has 1 aliphatic rings. The van der Waals surface area contributed by atoms with Gasteiger partial charge in [-0.2, -0.15) is 0 Å². The number of nitrogens with one attached hydrogen (secondary N) is 2. The Bertz CT molecular complexity index is 784. The average molecular weight is 478 g/mol. The summed E-state index contributed by atoms with van der Waals surface area (Å²) < 4.78 is 16.4. The number of hydrogen-bond donors (Lipinski definition) is 2. The molecule has 2 rings (SSSR count). The van der Waals surface area contributed by atoms with Gasteiger partial charge in [-0.3, -0.25) is 9.59 Å². The first-order valence-corrected chi connectivity index (χ1v) is 12.4. The molecule has 2 atom stereocenters. The number of piperidine rings is 1. The van der Waals surface area contributed by atoms with Crippen LogP contribution in [0.3, 0.4) is 0 Å². The Kier molecular flexibility index (Phi) is 11.6. The molecule has 1 heterocycles. The largest absolute Gasteiger partial charge is 0.493 e. The summed E-state index contributed by atoms with van der Waals surface area (Å²) in [7, 11) is 3.25. The average Bonchev–Trinajstić information content (AvgIpc) is 2.80. The Morgan fingerprint density at radius 1 is 1.12 bits per heavy atom. The van der Waals surface area contributed by atoms with Crippen LogP contribution in [-0.2, 0) is 9.53 Å². The Morgan fingerprint density at radius 3 is 2.53 bits per heavy atom. The fourth-order valence-electron chi connectivity index (χ4n) is 4.35. The molecule has 1 saturated heterocycles. The van der Waals surface area contributed by atoms with E-state index in [9.17, 15) is 9.59 Å². The zero-order valence-corrected chi connectivity index (χ0v) is 21.7. The lowest BCUT2D eigenvalue weighted by atomic mass is 9.93. The highest BCUT2D eigenvalue weighted by molar-refractivity contribution is 5.95. The summed E-state index contributed by atoms with van der Waals surface area (Å²) in [4.78, 5) is 27.7. The predicted octanol–water partition coefficient (Wildman–Crippen LogP) is 3.10. The number of ether oxygens (including phenoxy) is 3. The third-order valence-corrected chi connectivity index (χ3v) is 5.95. The second kappa shape index (κ2) is 14.2. The molecule has 8 nitrogen and oxygen atoms in total. The first kappa shape index (κ1) is 27.9. The first-order valence-electron chi connectivity index (χ1n) is 12.4. The third-order valence-electron chi connectivity index (χ3n) is 5.95. The van der Waals surface area contributed by atoms with E-state index in [1.165, 1.54) is 0 Å². The van der Waals surface area contributed by atoms with Crippen molar-refractivity contribution in [2.45, 2.75) is 59.0 Å². The van der Waals surface area contributed by atoms with E-state index in [1.54, 1.807) is 32.4 Å². The summed E-state index contributed by atoms with van der Waals surface area (Å²) in [6.07, 6.45) is 2.13. The maximum atomic E-state index is 13.6. The first-order chi connectivity index (χ1) is 16.3. The molecule has 0 aliphatic carbocycles. The zero-order valence-electron chi connectivity index (χ0n) is 21.7. The molecular weight excluding hydrogens is 434 g/mol. The Morgan fingerprint density at radius 2 is 1.88 bits per heavy atom. The van der Waals surface area contributed by atoms with Gasteiger partial charge in [0.1, 0.15) is 0 Å². The quantitative estimate of drug-likeness (QED) is 0.425. The summed E-state index contributed by atoms with van der Waals surface area (Å²) in [6.45, 7) is 11.4. The fraction of sp³-hybridized carbons (Fsp3) is 0.692. The molecule has 0 aromatic heterocycles. The van der Waals surface area contributed by atoms with Crippen LogP contribution >= 0.6 is 0 Å². The van der Waals surface area contributed by atoms with Crippen molar-refractivity contribution in [1.82, 2.24) is 15.5 Å². The summed E-state index contributed by atoms with van der Waals surface area (Å²) in [5.74, 6) is 1.83. The number of hydrogen-bond acceptors (Lipinski definition) is 6. The molecule has 2 N–H and O–H groups in total. The molecule has 2 unspecified atom stereocenters. The van der Waals surface area contributed by atoms with Crippen LogP contribution in [0.5, 0.6) is 11.5 Å². The minimum Gasteiger partial charge on any atom is -0.493 e. The van der Waals surface area contributed by atoms with Gasteiger partial charge >= 0.3 is 0 Å². The standard InChI is InChI=1S/C26H43N3O5/c1-18(2)12-25(30)28-16-20-13-22(17-27-15-20)29(19(3)4)26(31)21-8-9-23(33-6)24(14-21)34-11-7-10-32-5/h8-9,14,18-20,22,27H,7,10-13,15-17H2,1-6H3,(H,28,30). The maximum absolute atomic E-state index is 13.6. The SMILES string of the molecule is COCCCOc1cc(C(=O)N(C(C)C)C2CNCC(CNC(=O)CC(C)C)C2)ccc1OC. The molecule has 0 spiro atoms. The number of benzene rings is 1. The molecule has 0 saturated carbocycles. The second-order valence-corrected chi connectivity index (χ2v) is 9.68. The van der Waals surface area contributed by atoms with Crippen molar-refractivity contribution in [2.24, 2.45) is 11.8 Å². The molecule has 2 amide bonds. The van der Waals surface area contributed by atoms with Gasteiger partial charge in [0.2, 0.25) is 5.91 Å². The number of carbonyl (C=O) groups excluding carboxylic acids is 2. The van der Waals surface area contributed by atoms with Crippen molar-refractivity contribution < 1.29 is 23.8 Å². The second-order valence-electron chi connectivity index (χ2n) is 9.68. The van der Waals surface area contributed by atoms with E-state index in [4.69, 9.17) is 14.2 Å². The van der Waals surface area contributed by atoms with E-state index < -0.39 is 0 Å². The summed E-state index contributed by atoms with van der Waals surface area (Å²) in [5, 5.41) is 6.52. The van der Waals surface area contributed by atoms with Gasteiger partial charge in [0, 0.05) is 57.3 Å². The summed E-state index contributed by atoms with van der Waals surface area (Å²) in [6, 6.07) is 5.41. The number of amides is 2. The van der Waals surface area contributed by atoms with Gasteiger partial charge in [0.05, 0.1) is 13.7 Å². The Hall–Kier alpha value is -2.32. The molecule has 8 heteroatoms. The number of rotatable bonds is 13.